The van der Waals surface area contributed by atoms with Gasteiger partial charge in [-0.05, 0) is 12.1 Å². The van der Waals surface area contributed by atoms with Crippen LogP contribution in [-0.4, -0.2) is 17.6 Å². The van der Waals surface area contributed by atoms with E-state index in [-0.39, 0.29) is 12.5 Å². The van der Waals surface area contributed by atoms with Crippen molar-refractivity contribution in [1.82, 2.24) is 0 Å². The van der Waals surface area contributed by atoms with Gasteiger partial charge in [0.1, 0.15) is 0 Å². The van der Waals surface area contributed by atoms with E-state index in [9.17, 15) is 4.79 Å². The summed E-state index contributed by atoms with van der Waals surface area (Å²) in [6, 6.07) is 9.14. The number of hydrogen-bond acceptors (Lipinski definition) is 2. The zero-order chi connectivity index (χ0) is 9.52. The first-order chi connectivity index (χ1) is 6.33. The Bertz CT molecular complexity index is 293. The van der Waals surface area contributed by atoms with Gasteiger partial charge in [-0.1, -0.05) is 24.3 Å². The van der Waals surface area contributed by atoms with E-state index in [0.29, 0.717) is 0 Å². The number of carbonyl (C=O) groups is 1. The normalized spacial score (nSPS) is 10.2. The topological polar surface area (TPSA) is 49.3 Å². The molecule has 1 aromatic rings. The summed E-state index contributed by atoms with van der Waals surface area (Å²) in [5.41, 5.74) is 0.745. The quantitative estimate of drug-likeness (QED) is 0.681. The minimum absolute atomic E-state index is 0.123. The number of aliphatic hydroxyl groups is 1. The molecule has 0 spiro atoms. The highest BCUT2D eigenvalue weighted by molar-refractivity contribution is 5.99. The second-order valence-electron chi connectivity index (χ2n) is 2.44. The average Bonchev–Trinajstić information content (AvgIpc) is 2.16. The molecule has 3 heteroatoms. The van der Waals surface area contributed by atoms with Gasteiger partial charge >= 0.3 is 0 Å². The molecule has 1 aromatic carbocycles. The number of para-hydroxylation sites is 1. The Morgan fingerprint density at radius 3 is 2.69 bits per heavy atom. The molecular weight excluding hydrogens is 166 g/mol. The highest BCUT2D eigenvalue weighted by atomic mass is 16.2. The van der Waals surface area contributed by atoms with Crippen LogP contribution in [0, 0.1) is 0 Å². The van der Waals surface area contributed by atoms with Gasteiger partial charge in [-0.25, -0.2) is 0 Å². The summed E-state index contributed by atoms with van der Waals surface area (Å²) in [5, 5.41) is 11.1. The molecule has 0 unspecified atom stereocenters. The maximum Gasteiger partial charge on any atom is 0.248 e. The van der Waals surface area contributed by atoms with Gasteiger partial charge < -0.3 is 10.4 Å². The monoisotopic (exact) mass is 177 g/mol. The first kappa shape index (κ1) is 9.48. The fourth-order valence-electron chi connectivity index (χ4n) is 0.865. The van der Waals surface area contributed by atoms with Gasteiger partial charge in [-0.3, -0.25) is 4.79 Å². The van der Waals surface area contributed by atoms with E-state index in [2.05, 4.69) is 5.32 Å². The molecule has 0 aliphatic rings. The van der Waals surface area contributed by atoms with Gasteiger partial charge in [-0.2, -0.15) is 0 Å². The number of amides is 1. The summed E-state index contributed by atoms with van der Waals surface area (Å²) in [5.74, 6) is -0.236. The largest absolute Gasteiger partial charge is 0.392 e. The Morgan fingerprint density at radius 2 is 2.08 bits per heavy atom. The van der Waals surface area contributed by atoms with E-state index < -0.39 is 0 Å². The van der Waals surface area contributed by atoms with Crippen molar-refractivity contribution in [3.05, 3.63) is 42.5 Å². The molecule has 13 heavy (non-hydrogen) atoms. The molecule has 0 bridgehead atoms. The number of benzene rings is 1. The molecule has 0 atom stereocenters. The van der Waals surface area contributed by atoms with Crippen LogP contribution in [0.5, 0.6) is 0 Å². The van der Waals surface area contributed by atoms with Crippen molar-refractivity contribution in [2.24, 2.45) is 0 Å². The van der Waals surface area contributed by atoms with Crippen molar-refractivity contribution < 1.29 is 9.90 Å². The molecule has 0 aromatic heterocycles. The lowest BCUT2D eigenvalue weighted by Gasteiger charge is -1.99. The lowest BCUT2D eigenvalue weighted by molar-refractivity contribution is -0.111. The first-order valence-electron chi connectivity index (χ1n) is 3.96. The number of nitrogens with one attached hydrogen (secondary N) is 1. The highest BCUT2D eigenvalue weighted by Crippen LogP contribution is 2.04. The summed E-state index contributed by atoms with van der Waals surface area (Å²) < 4.78 is 0. The van der Waals surface area contributed by atoms with Crippen LogP contribution in [0.4, 0.5) is 5.69 Å². The van der Waals surface area contributed by atoms with Crippen LogP contribution in [0.1, 0.15) is 0 Å². The van der Waals surface area contributed by atoms with Gasteiger partial charge in [0.25, 0.3) is 0 Å². The fraction of sp³-hybridized carbons (Fsp3) is 0.100. The molecule has 0 fully saturated rings. The van der Waals surface area contributed by atoms with Crippen LogP contribution in [0.25, 0.3) is 0 Å². The third-order valence-electron chi connectivity index (χ3n) is 1.42. The average molecular weight is 177 g/mol. The molecule has 0 radical (unpaired) electrons. The van der Waals surface area contributed by atoms with E-state index in [0.717, 1.165) is 5.69 Å². The molecule has 0 saturated carbocycles. The lowest BCUT2D eigenvalue weighted by atomic mass is 10.3. The summed E-state index contributed by atoms with van der Waals surface area (Å²) in [6.45, 7) is -0.123. The van der Waals surface area contributed by atoms with Crippen LogP contribution in [0.15, 0.2) is 42.5 Å². The maximum atomic E-state index is 11.1. The number of anilines is 1. The van der Waals surface area contributed by atoms with Gasteiger partial charge in [0.15, 0.2) is 0 Å². The lowest BCUT2D eigenvalue weighted by Crippen LogP contribution is -2.07. The Kier molecular flexibility index (Phi) is 3.73. The SMILES string of the molecule is O=C(C=CCO)Nc1ccccc1. The third kappa shape index (κ3) is 3.53. The van der Waals surface area contributed by atoms with Gasteiger partial charge in [0.2, 0.25) is 5.91 Å². The summed E-state index contributed by atoms with van der Waals surface area (Å²) >= 11 is 0. The standard InChI is InChI=1S/C10H11NO2/c12-8-4-7-10(13)11-9-5-2-1-3-6-9/h1-7,12H,8H2,(H,11,13). The Hall–Kier alpha value is -1.61. The second-order valence-corrected chi connectivity index (χ2v) is 2.44. The number of carbonyl (C=O) groups excluding carboxylic acids is 1. The van der Waals surface area contributed by atoms with Crippen LogP contribution < -0.4 is 5.32 Å². The Morgan fingerprint density at radius 1 is 1.38 bits per heavy atom. The van der Waals surface area contributed by atoms with Gasteiger partial charge in [-0.15, -0.1) is 0 Å². The highest BCUT2D eigenvalue weighted by Gasteiger charge is 1.94. The summed E-state index contributed by atoms with van der Waals surface area (Å²) in [6.07, 6.45) is 2.69. The van der Waals surface area contributed by atoms with Crippen LogP contribution in [0.2, 0.25) is 0 Å². The van der Waals surface area contributed by atoms with Crippen LogP contribution >= 0.6 is 0 Å². The number of rotatable bonds is 3. The van der Waals surface area contributed by atoms with Gasteiger partial charge in [0, 0.05) is 11.8 Å². The Labute approximate surface area is 76.7 Å². The predicted molar refractivity (Wildman–Crippen MR) is 51.3 cm³/mol. The predicted octanol–water partition coefficient (Wildman–Crippen LogP) is 1.17. The zero-order valence-corrected chi connectivity index (χ0v) is 7.10. The maximum absolute atomic E-state index is 11.1. The molecule has 0 aliphatic carbocycles. The Balaban J connectivity index is 2.50. The van der Waals surface area contributed by atoms with E-state index >= 15 is 0 Å². The summed E-state index contributed by atoms with van der Waals surface area (Å²) in [7, 11) is 0. The number of aliphatic hydroxyl groups excluding tert-OH is 1. The van der Waals surface area contributed by atoms with Crippen molar-refractivity contribution in [3.8, 4) is 0 Å². The molecule has 0 saturated heterocycles. The minimum Gasteiger partial charge on any atom is -0.392 e. The molecule has 1 amide bonds. The molecule has 0 aliphatic heterocycles. The van der Waals surface area contributed by atoms with Gasteiger partial charge in [0.05, 0.1) is 6.61 Å². The molecule has 3 nitrogen and oxygen atoms in total. The van der Waals surface area contributed by atoms with E-state index in [4.69, 9.17) is 5.11 Å². The van der Waals surface area contributed by atoms with Crippen LogP contribution in [0.3, 0.4) is 0 Å². The van der Waals surface area contributed by atoms with Crippen molar-refractivity contribution in [2.45, 2.75) is 0 Å². The van der Waals surface area contributed by atoms with E-state index in [1.54, 1.807) is 12.1 Å². The molecule has 2 N–H and O–H groups in total. The van der Waals surface area contributed by atoms with Crippen molar-refractivity contribution in [2.75, 3.05) is 11.9 Å². The molecular formula is C10H11NO2. The first-order valence-corrected chi connectivity index (χ1v) is 3.96. The zero-order valence-electron chi connectivity index (χ0n) is 7.10. The smallest absolute Gasteiger partial charge is 0.248 e. The molecule has 1 rings (SSSR count). The van der Waals surface area contributed by atoms with Crippen molar-refractivity contribution in [1.29, 1.82) is 0 Å². The van der Waals surface area contributed by atoms with E-state index in [1.165, 1.54) is 12.2 Å². The minimum atomic E-state index is -0.236. The van der Waals surface area contributed by atoms with Crippen molar-refractivity contribution in [3.63, 3.8) is 0 Å². The molecule has 68 valence electrons. The van der Waals surface area contributed by atoms with E-state index in [1.807, 2.05) is 18.2 Å². The second kappa shape index (κ2) is 5.11. The third-order valence-corrected chi connectivity index (χ3v) is 1.42. The van der Waals surface area contributed by atoms with Crippen molar-refractivity contribution >= 4 is 11.6 Å². The number of hydrogen-bond donors (Lipinski definition) is 2. The van der Waals surface area contributed by atoms with Crippen LogP contribution in [-0.2, 0) is 4.79 Å². The molecule has 0 heterocycles. The fourth-order valence-corrected chi connectivity index (χ4v) is 0.865. The summed E-state index contributed by atoms with van der Waals surface area (Å²) in [4.78, 5) is 11.1.